The van der Waals surface area contributed by atoms with Crippen LogP contribution in [-0.2, 0) is 9.84 Å². The number of fused-ring (bicyclic) bond motifs is 1. The van der Waals surface area contributed by atoms with Gasteiger partial charge >= 0.3 is 0 Å². The first kappa shape index (κ1) is 20.2. The number of anilines is 2. The van der Waals surface area contributed by atoms with Crippen molar-refractivity contribution in [1.29, 1.82) is 0 Å². The highest BCUT2D eigenvalue weighted by atomic mass is 32.2. The zero-order valence-electron chi connectivity index (χ0n) is 17.0. The molecular weight excluding hydrogens is 416 g/mol. The van der Waals surface area contributed by atoms with Crippen LogP contribution < -0.4 is 10.7 Å². The molecule has 4 N–H and O–H groups in total. The molecule has 0 amide bonds. The van der Waals surface area contributed by atoms with Gasteiger partial charge in [-0.15, -0.1) is 0 Å². The van der Waals surface area contributed by atoms with E-state index in [1.807, 2.05) is 12.3 Å². The lowest BCUT2D eigenvalue weighted by atomic mass is 9.93. The molecule has 1 aromatic carbocycles. The van der Waals surface area contributed by atoms with E-state index < -0.39 is 21.3 Å². The second-order valence-corrected chi connectivity index (χ2v) is 10.3. The second-order valence-electron chi connectivity index (χ2n) is 8.20. The monoisotopic (exact) mass is 442 g/mol. The summed E-state index contributed by atoms with van der Waals surface area (Å²) in [5.41, 5.74) is 3.80. The van der Waals surface area contributed by atoms with Gasteiger partial charge in [-0.2, -0.15) is 9.97 Å². The van der Waals surface area contributed by atoms with Crippen LogP contribution in [0.4, 0.5) is 11.8 Å². The van der Waals surface area contributed by atoms with E-state index >= 15 is 0 Å². The van der Waals surface area contributed by atoms with Gasteiger partial charge in [-0.3, -0.25) is 5.43 Å². The summed E-state index contributed by atoms with van der Waals surface area (Å²) in [7, 11) is -3.70. The van der Waals surface area contributed by atoms with Crippen molar-refractivity contribution in [1.82, 2.24) is 20.0 Å². The summed E-state index contributed by atoms with van der Waals surface area (Å²) in [6.45, 7) is 0.357. The smallest absolute Gasteiger partial charge is 0.241 e. The quantitative estimate of drug-likeness (QED) is 0.459. The van der Waals surface area contributed by atoms with Crippen molar-refractivity contribution >= 4 is 32.6 Å². The fourth-order valence-corrected chi connectivity index (χ4v) is 5.89. The minimum atomic E-state index is -3.70. The summed E-state index contributed by atoms with van der Waals surface area (Å²) in [4.78, 5) is 12.5. The van der Waals surface area contributed by atoms with Crippen molar-refractivity contribution in [2.75, 3.05) is 17.3 Å². The maximum absolute atomic E-state index is 13.3. The maximum Gasteiger partial charge on any atom is 0.241 e. The topological polar surface area (TPSA) is 123 Å². The molecule has 1 aliphatic carbocycles. The Morgan fingerprint density at radius 1 is 1.10 bits per heavy atom. The summed E-state index contributed by atoms with van der Waals surface area (Å²) in [5.74, 6) is 1.05. The number of hydrogen-bond donors (Lipinski definition) is 4. The van der Waals surface area contributed by atoms with Crippen LogP contribution in [0.3, 0.4) is 0 Å². The van der Waals surface area contributed by atoms with Crippen LogP contribution in [0.2, 0.25) is 0 Å². The largest absolute Gasteiger partial charge is 0.393 e. The summed E-state index contributed by atoms with van der Waals surface area (Å²) in [5, 5.41) is 15.3. The molecule has 0 spiro atoms. The third-order valence-corrected chi connectivity index (χ3v) is 8.15. The number of aromatic nitrogens is 3. The maximum atomic E-state index is 13.3. The summed E-state index contributed by atoms with van der Waals surface area (Å²) >= 11 is 0. The number of benzene rings is 1. The van der Waals surface area contributed by atoms with Gasteiger partial charge in [-0.1, -0.05) is 18.2 Å². The van der Waals surface area contributed by atoms with E-state index in [9.17, 15) is 13.5 Å². The fraction of sp³-hybridized carbons (Fsp3) is 0.429. The SMILES string of the molecule is O=S(=O)(c1ccccc1)C1CC(O)CCN1Nc1nc(NC2CCC2)c2cc[nH]c2n1. The average molecular weight is 443 g/mol. The fourth-order valence-electron chi connectivity index (χ4n) is 4.07. The first-order valence-electron chi connectivity index (χ1n) is 10.6. The number of nitrogens with one attached hydrogen (secondary N) is 3. The van der Waals surface area contributed by atoms with Crippen molar-refractivity contribution < 1.29 is 13.5 Å². The van der Waals surface area contributed by atoms with Gasteiger partial charge in [0.2, 0.25) is 5.95 Å². The Morgan fingerprint density at radius 2 is 1.90 bits per heavy atom. The normalized spacial score (nSPS) is 22.9. The Kier molecular flexibility index (Phi) is 5.28. The van der Waals surface area contributed by atoms with Gasteiger partial charge in [0.05, 0.1) is 16.4 Å². The Hall–Kier alpha value is -2.69. The molecule has 9 nitrogen and oxygen atoms in total. The van der Waals surface area contributed by atoms with Crippen molar-refractivity contribution in [3.05, 3.63) is 42.6 Å². The molecule has 0 radical (unpaired) electrons. The van der Waals surface area contributed by atoms with E-state index in [2.05, 4.69) is 25.7 Å². The van der Waals surface area contributed by atoms with Gasteiger partial charge in [-0.05, 0) is 43.9 Å². The summed E-state index contributed by atoms with van der Waals surface area (Å²) in [6, 6.07) is 10.7. The highest BCUT2D eigenvalue weighted by Crippen LogP contribution is 2.30. The molecular formula is C21H26N6O3S. The summed E-state index contributed by atoms with van der Waals surface area (Å²) < 4.78 is 26.6. The Bertz CT molecular complexity index is 1160. The van der Waals surface area contributed by atoms with Crippen molar-refractivity contribution in [3.63, 3.8) is 0 Å². The molecule has 2 aliphatic rings. The van der Waals surface area contributed by atoms with Gasteiger partial charge in [0.15, 0.2) is 9.84 Å². The number of hydrogen-bond acceptors (Lipinski definition) is 8. The van der Waals surface area contributed by atoms with Crippen LogP contribution in [-0.4, -0.2) is 57.5 Å². The molecule has 5 rings (SSSR count). The second kappa shape index (κ2) is 8.10. The van der Waals surface area contributed by atoms with Crippen LogP contribution in [0, 0.1) is 0 Å². The van der Waals surface area contributed by atoms with Crippen molar-refractivity contribution in [2.24, 2.45) is 0 Å². The zero-order chi connectivity index (χ0) is 21.4. The van der Waals surface area contributed by atoms with Crippen molar-refractivity contribution in [2.45, 2.75) is 54.5 Å². The van der Waals surface area contributed by atoms with E-state index in [0.29, 0.717) is 30.6 Å². The Morgan fingerprint density at radius 3 is 2.65 bits per heavy atom. The number of piperidine rings is 1. The lowest BCUT2D eigenvalue weighted by Crippen LogP contribution is -2.51. The molecule has 1 saturated carbocycles. The first-order chi connectivity index (χ1) is 15.0. The molecule has 0 bridgehead atoms. The van der Waals surface area contributed by atoms with Crippen LogP contribution in [0.15, 0.2) is 47.5 Å². The van der Waals surface area contributed by atoms with Crippen LogP contribution in [0.5, 0.6) is 0 Å². The zero-order valence-corrected chi connectivity index (χ0v) is 17.8. The highest BCUT2D eigenvalue weighted by molar-refractivity contribution is 7.92. The predicted molar refractivity (Wildman–Crippen MR) is 118 cm³/mol. The molecule has 10 heteroatoms. The van der Waals surface area contributed by atoms with Crippen molar-refractivity contribution in [3.8, 4) is 0 Å². The molecule has 2 unspecified atom stereocenters. The number of aliphatic hydroxyl groups is 1. The minimum absolute atomic E-state index is 0.113. The number of hydrazine groups is 1. The van der Waals surface area contributed by atoms with Crippen LogP contribution >= 0.6 is 0 Å². The number of H-pyrrole nitrogens is 1. The van der Waals surface area contributed by atoms with Gasteiger partial charge in [0.25, 0.3) is 0 Å². The molecule has 2 fully saturated rings. The van der Waals surface area contributed by atoms with Gasteiger partial charge in [0, 0.05) is 25.2 Å². The number of nitrogens with zero attached hydrogens (tertiary/aromatic N) is 3. The van der Waals surface area contributed by atoms with E-state index in [4.69, 9.17) is 0 Å². The van der Waals surface area contributed by atoms with Crippen LogP contribution in [0.1, 0.15) is 32.1 Å². The van der Waals surface area contributed by atoms with Gasteiger partial charge in [0.1, 0.15) is 16.8 Å². The molecule has 3 aromatic rings. The number of sulfone groups is 1. The van der Waals surface area contributed by atoms with Gasteiger partial charge < -0.3 is 15.4 Å². The van der Waals surface area contributed by atoms with E-state index in [1.54, 1.807) is 35.3 Å². The first-order valence-corrected chi connectivity index (χ1v) is 12.2. The number of aliphatic hydroxyl groups excluding tert-OH is 1. The average Bonchev–Trinajstić information content (AvgIpc) is 3.21. The minimum Gasteiger partial charge on any atom is -0.393 e. The van der Waals surface area contributed by atoms with E-state index in [1.165, 1.54) is 6.42 Å². The van der Waals surface area contributed by atoms with E-state index in [-0.39, 0.29) is 11.3 Å². The van der Waals surface area contributed by atoms with Gasteiger partial charge in [-0.25, -0.2) is 13.4 Å². The number of aromatic amines is 1. The number of rotatable bonds is 6. The molecule has 2 atom stereocenters. The van der Waals surface area contributed by atoms with E-state index in [0.717, 1.165) is 24.0 Å². The lowest BCUT2D eigenvalue weighted by molar-refractivity contribution is 0.0798. The Balaban J connectivity index is 1.45. The highest BCUT2D eigenvalue weighted by Gasteiger charge is 2.38. The molecule has 1 aliphatic heterocycles. The lowest BCUT2D eigenvalue weighted by Gasteiger charge is -2.37. The molecule has 3 heterocycles. The molecule has 31 heavy (non-hydrogen) atoms. The molecule has 164 valence electrons. The third-order valence-electron chi connectivity index (χ3n) is 6.06. The molecule has 1 saturated heterocycles. The standard InChI is InChI=1S/C21H26N6O3S/c28-15-10-12-27(18(13-15)31(29,30)16-7-2-1-3-8-16)26-21-24-19-17(9-11-22-19)20(25-21)23-14-5-4-6-14/h1-3,7-9,11,14-15,18,28H,4-6,10,12-13H2,(H3,22,23,24,25,26). The third kappa shape index (κ3) is 3.98. The summed E-state index contributed by atoms with van der Waals surface area (Å²) in [6.07, 6.45) is 5.15. The Labute approximate surface area is 180 Å². The predicted octanol–water partition coefficient (Wildman–Crippen LogP) is 2.51. The van der Waals surface area contributed by atoms with Crippen LogP contribution in [0.25, 0.3) is 11.0 Å². The molecule has 2 aromatic heterocycles.